The lowest BCUT2D eigenvalue weighted by Gasteiger charge is -1.93. The molecular weight excluding hydrogens is 294 g/mol. The van der Waals surface area contributed by atoms with Crippen LogP contribution in [0.3, 0.4) is 0 Å². The molecule has 0 amide bonds. The van der Waals surface area contributed by atoms with Gasteiger partial charge in [-0.15, -0.1) is 11.3 Å². The van der Waals surface area contributed by atoms with Crippen LogP contribution < -0.4 is 0 Å². The van der Waals surface area contributed by atoms with E-state index in [1.165, 1.54) is 16.5 Å². The van der Waals surface area contributed by atoms with Crippen LogP contribution in [0.2, 0.25) is 0 Å². The molecule has 0 aromatic carbocycles. The third-order valence-electron chi connectivity index (χ3n) is 3.33. The molecule has 0 saturated heterocycles. The molecule has 0 bridgehead atoms. The summed E-state index contributed by atoms with van der Waals surface area (Å²) in [5.74, 6) is 0. The minimum absolute atomic E-state index is 0.837. The normalized spacial score (nSPS) is 10.4. The molecule has 4 nitrogen and oxygen atoms in total. The highest BCUT2D eigenvalue weighted by Gasteiger charge is 2.02. The summed E-state index contributed by atoms with van der Waals surface area (Å²) in [7, 11) is 0. The maximum absolute atomic E-state index is 5.19. The molecule has 110 valence electrons. The van der Waals surface area contributed by atoms with Crippen LogP contribution in [-0.4, -0.2) is 15.0 Å². The predicted molar refractivity (Wildman–Crippen MR) is 90.9 cm³/mol. The average molecular weight is 309 g/mol. The third kappa shape index (κ3) is 2.76. The molecule has 0 atom stereocenters. The highest BCUT2D eigenvalue weighted by Crippen LogP contribution is 2.23. The lowest BCUT2D eigenvalue weighted by atomic mass is 10.2. The standard InChI is InChI=1S/C9H7NS.C8H8N2O/c1-2-7-5-10-6-9-8(7)3-4-11-9;1-2-6-3-9-4-7-8(6)11-5-10-7/h2-6H,1H2;3-5H,2H2,1H3. The number of thiophene rings is 1. The summed E-state index contributed by atoms with van der Waals surface area (Å²) >= 11 is 1.71. The lowest BCUT2D eigenvalue weighted by Crippen LogP contribution is -1.82. The maximum atomic E-state index is 5.19. The van der Waals surface area contributed by atoms with Gasteiger partial charge < -0.3 is 4.42 Å². The fraction of sp³-hybridized carbons (Fsp3) is 0.118. The Morgan fingerprint density at radius 1 is 1.23 bits per heavy atom. The van der Waals surface area contributed by atoms with Crippen molar-refractivity contribution < 1.29 is 4.42 Å². The smallest absolute Gasteiger partial charge is 0.182 e. The summed E-state index contributed by atoms with van der Waals surface area (Å²) < 4.78 is 6.41. The van der Waals surface area contributed by atoms with E-state index >= 15 is 0 Å². The van der Waals surface area contributed by atoms with Gasteiger partial charge in [-0.2, -0.15) is 0 Å². The van der Waals surface area contributed by atoms with Crippen LogP contribution in [0.15, 0.2) is 53.6 Å². The zero-order valence-corrected chi connectivity index (χ0v) is 13.0. The van der Waals surface area contributed by atoms with Gasteiger partial charge in [0.05, 0.1) is 10.9 Å². The van der Waals surface area contributed by atoms with Gasteiger partial charge in [0, 0.05) is 35.1 Å². The Balaban J connectivity index is 0.000000131. The van der Waals surface area contributed by atoms with Crippen molar-refractivity contribution in [1.82, 2.24) is 15.0 Å². The summed E-state index contributed by atoms with van der Waals surface area (Å²) in [6, 6.07) is 2.10. The number of aromatic nitrogens is 3. The molecule has 0 aliphatic rings. The number of aryl methyl sites for hydroxylation is 1. The van der Waals surface area contributed by atoms with Crippen molar-refractivity contribution in [2.45, 2.75) is 13.3 Å². The van der Waals surface area contributed by atoms with Crippen LogP contribution in [0.5, 0.6) is 0 Å². The number of fused-ring (bicyclic) bond motifs is 2. The minimum atomic E-state index is 0.837. The van der Waals surface area contributed by atoms with Gasteiger partial charge >= 0.3 is 0 Å². The van der Waals surface area contributed by atoms with Gasteiger partial charge in [0.15, 0.2) is 12.0 Å². The van der Waals surface area contributed by atoms with E-state index in [9.17, 15) is 0 Å². The van der Waals surface area contributed by atoms with Crippen LogP contribution in [0.1, 0.15) is 18.1 Å². The van der Waals surface area contributed by atoms with Crippen molar-refractivity contribution in [2.24, 2.45) is 0 Å². The highest BCUT2D eigenvalue weighted by molar-refractivity contribution is 7.17. The molecule has 4 rings (SSSR count). The van der Waals surface area contributed by atoms with Gasteiger partial charge in [-0.05, 0) is 17.9 Å². The number of rotatable bonds is 2. The van der Waals surface area contributed by atoms with Gasteiger partial charge in [0.25, 0.3) is 0 Å². The first-order chi connectivity index (χ1) is 10.8. The predicted octanol–water partition coefficient (Wildman–Crippen LogP) is 4.72. The number of nitrogens with zero attached hydrogens (tertiary/aromatic N) is 3. The molecule has 5 heteroatoms. The fourth-order valence-corrected chi connectivity index (χ4v) is 2.96. The minimum Gasteiger partial charge on any atom is -0.443 e. The highest BCUT2D eigenvalue weighted by atomic mass is 32.1. The summed E-state index contributed by atoms with van der Waals surface area (Å²) in [6.07, 6.45) is 11.5. The van der Waals surface area contributed by atoms with E-state index < -0.39 is 0 Å². The molecule has 4 heterocycles. The Morgan fingerprint density at radius 2 is 2.09 bits per heavy atom. The van der Waals surface area contributed by atoms with Crippen molar-refractivity contribution >= 4 is 38.6 Å². The number of hydrogen-bond acceptors (Lipinski definition) is 5. The first-order valence-electron chi connectivity index (χ1n) is 6.93. The number of pyridine rings is 2. The molecule has 4 aromatic heterocycles. The Hall–Kier alpha value is -2.53. The summed E-state index contributed by atoms with van der Waals surface area (Å²) in [5, 5.41) is 3.32. The molecule has 0 aliphatic carbocycles. The maximum Gasteiger partial charge on any atom is 0.182 e. The Morgan fingerprint density at radius 3 is 2.91 bits per heavy atom. The van der Waals surface area contributed by atoms with E-state index in [0.717, 1.165) is 28.6 Å². The monoisotopic (exact) mass is 309 g/mol. The molecule has 22 heavy (non-hydrogen) atoms. The van der Waals surface area contributed by atoms with Crippen molar-refractivity contribution in [3.05, 3.63) is 60.3 Å². The largest absolute Gasteiger partial charge is 0.443 e. The van der Waals surface area contributed by atoms with Gasteiger partial charge in [-0.25, -0.2) is 4.98 Å². The van der Waals surface area contributed by atoms with Crippen molar-refractivity contribution in [1.29, 1.82) is 0 Å². The van der Waals surface area contributed by atoms with Crippen LogP contribution >= 0.6 is 11.3 Å². The van der Waals surface area contributed by atoms with Crippen LogP contribution in [-0.2, 0) is 6.42 Å². The molecule has 0 aliphatic heterocycles. The van der Waals surface area contributed by atoms with Gasteiger partial charge in [-0.3, -0.25) is 9.97 Å². The topological polar surface area (TPSA) is 51.8 Å². The molecule has 0 saturated carbocycles. The average Bonchev–Trinajstić information content (AvgIpc) is 3.23. The summed E-state index contributed by atoms with van der Waals surface area (Å²) in [5.41, 5.74) is 3.93. The number of hydrogen-bond donors (Lipinski definition) is 0. The Bertz CT molecular complexity index is 910. The van der Waals surface area contributed by atoms with Crippen molar-refractivity contribution in [2.75, 3.05) is 0 Å². The third-order valence-corrected chi connectivity index (χ3v) is 4.18. The van der Waals surface area contributed by atoms with Gasteiger partial charge in [0.1, 0.15) is 5.52 Å². The van der Waals surface area contributed by atoms with Crippen LogP contribution in [0.25, 0.3) is 27.3 Å². The quantitative estimate of drug-likeness (QED) is 0.537. The molecule has 4 aromatic rings. The van der Waals surface area contributed by atoms with Crippen LogP contribution in [0, 0.1) is 0 Å². The zero-order chi connectivity index (χ0) is 15.4. The molecular formula is C17H15N3OS. The van der Waals surface area contributed by atoms with Gasteiger partial charge in [-0.1, -0.05) is 19.6 Å². The first kappa shape index (κ1) is 14.4. The summed E-state index contributed by atoms with van der Waals surface area (Å²) in [4.78, 5) is 12.1. The van der Waals surface area contributed by atoms with Crippen LogP contribution in [0.4, 0.5) is 0 Å². The van der Waals surface area contributed by atoms with Crippen molar-refractivity contribution in [3.63, 3.8) is 0 Å². The second-order valence-corrected chi connectivity index (χ2v) is 5.57. The SMILES string of the molecule is C=Cc1cncc2sccc12.CCc1cncc2ncoc12. The van der Waals surface area contributed by atoms with E-state index in [2.05, 4.69) is 39.9 Å². The molecule has 0 radical (unpaired) electrons. The first-order valence-corrected chi connectivity index (χ1v) is 7.81. The Kier molecular flexibility index (Phi) is 4.25. The zero-order valence-electron chi connectivity index (χ0n) is 12.2. The van der Waals surface area contributed by atoms with E-state index in [-0.39, 0.29) is 0 Å². The van der Waals surface area contributed by atoms with E-state index in [1.807, 2.05) is 24.7 Å². The molecule has 0 N–H and O–H groups in total. The summed E-state index contributed by atoms with van der Waals surface area (Å²) in [6.45, 7) is 5.79. The van der Waals surface area contributed by atoms with E-state index in [1.54, 1.807) is 17.5 Å². The molecule has 0 fully saturated rings. The van der Waals surface area contributed by atoms with E-state index in [0.29, 0.717) is 0 Å². The van der Waals surface area contributed by atoms with Gasteiger partial charge in [0.2, 0.25) is 0 Å². The van der Waals surface area contributed by atoms with Crippen molar-refractivity contribution in [3.8, 4) is 0 Å². The van der Waals surface area contributed by atoms with E-state index in [4.69, 9.17) is 4.42 Å². The fourth-order valence-electron chi connectivity index (χ4n) is 2.17. The lowest BCUT2D eigenvalue weighted by molar-refractivity contribution is 0.598. The number of oxazole rings is 1. The Labute approximate surface area is 132 Å². The second-order valence-electron chi connectivity index (χ2n) is 4.62. The molecule has 0 spiro atoms. The molecule has 0 unspecified atom stereocenters. The second kappa shape index (κ2) is 6.49.